The van der Waals surface area contributed by atoms with E-state index in [1.807, 2.05) is 32.9 Å². The smallest absolute Gasteiger partial charge is 0.420 e. The monoisotopic (exact) mass is 673 g/mol. The Hall–Kier alpha value is -4.81. The predicted molar refractivity (Wildman–Crippen MR) is 183 cm³/mol. The first-order valence-corrected chi connectivity index (χ1v) is 16.5. The average molecular weight is 674 g/mol. The van der Waals surface area contributed by atoms with Gasteiger partial charge in [-0.15, -0.1) is 0 Å². The second-order valence-corrected chi connectivity index (χ2v) is 12.4. The lowest BCUT2D eigenvalue weighted by Crippen LogP contribution is -2.31. The van der Waals surface area contributed by atoms with Crippen molar-refractivity contribution in [2.75, 3.05) is 50.3 Å². The van der Waals surface area contributed by atoms with Gasteiger partial charge < -0.3 is 29.2 Å². The van der Waals surface area contributed by atoms with Gasteiger partial charge in [-0.1, -0.05) is 18.6 Å². The van der Waals surface area contributed by atoms with Crippen LogP contribution in [0.1, 0.15) is 47.9 Å². The van der Waals surface area contributed by atoms with E-state index < -0.39 is 17.7 Å². The van der Waals surface area contributed by atoms with E-state index in [9.17, 15) is 9.18 Å². The number of carbonyl (C=O) groups is 1. The molecule has 0 saturated carbocycles. The van der Waals surface area contributed by atoms with Crippen LogP contribution in [0.3, 0.4) is 0 Å². The number of hydrogen-bond acceptors (Lipinski definition) is 9. The van der Waals surface area contributed by atoms with Gasteiger partial charge in [0.1, 0.15) is 5.82 Å². The zero-order chi connectivity index (χ0) is 34.5. The fourth-order valence-electron chi connectivity index (χ4n) is 6.05. The summed E-state index contributed by atoms with van der Waals surface area (Å²) < 4.78 is 51.9. The van der Waals surface area contributed by atoms with Crippen LogP contribution < -0.4 is 24.4 Å². The molecule has 0 unspecified atom stereocenters. The molecule has 49 heavy (non-hydrogen) atoms. The molecule has 2 aliphatic rings. The fraction of sp³-hybridized carbons (Fsp3) is 0.378. The topological polar surface area (TPSA) is 98.3 Å². The number of fused-ring (bicyclic) bond motifs is 1. The third-order valence-electron chi connectivity index (χ3n) is 9.03. The van der Waals surface area contributed by atoms with Crippen LogP contribution >= 0.6 is 0 Å². The first kappa shape index (κ1) is 34.1. The summed E-state index contributed by atoms with van der Waals surface area (Å²) in [4.78, 5) is 26.1. The number of amides is 1. The standard InChI is InChI=1S/C37H41F2N5O5/c1-23-9-11-29(25(3)24(23)2)31-20-34(49-37(45)43(4)32-18-27(38)17-26-21-46-22-48-35(26)32)42-36(41-31)40-28-10-12-33(30(39)19-28)47-16-8-15-44-13-6-5-7-14-44/h9-12,17-20H,5-8,13-16,21-22H2,1-4H3,(H,40,41,42). The second kappa shape index (κ2) is 15.2. The summed E-state index contributed by atoms with van der Waals surface area (Å²) in [6.45, 7) is 9.74. The SMILES string of the molecule is Cc1ccc(-c2cc(OC(=O)N(C)c3cc(F)cc4c3OCOC4)nc(Nc3ccc(OCCCN4CCCCC4)c(F)c3)n2)c(C)c1C. The van der Waals surface area contributed by atoms with E-state index in [0.29, 0.717) is 29.3 Å². The molecule has 0 radical (unpaired) electrons. The van der Waals surface area contributed by atoms with Crippen LogP contribution in [0.15, 0.2) is 48.5 Å². The molecule has 4 aromatic rings. The van der Waals surface area contributed by atoms with Gasteiger partial charge in [-0.3, -0.25) is 4.90 Å². The summed E-state index contributed by atoms with van der Waals surface area (Å²) in [5.41, 5.74) is 5.56. The maximum Gasteiger partial charge on any atom is 0.420 e. The van der Waals surface area contributed by atoms with E-state index >= 15 is 4.39 Å². The molecule has 1 aromatic heterocycles. The Labute approximate surface area is 285 Å². The Morgan fingerprint density at radius 1 is 1.00 bits per heavy atom. The number of likely N-dealkylation sites (tertiary alicyclic amines) is 1. The minimum atomic E-state index is -0.830. The number of benzene rings is 3. The average Bonchev–Trinajstić information content (AvgIpc) is 3.09. The summed E-state index contributed by atoms with van der Waals surface area (Å²) in [5.74, 6) is -0.560. The van der Waals surface area contributed by atoms with Crippen LogP contribution in [0, 0.1) is 32.4 Å². The molecule has 3 aromatic carbocycles. The molecule has 1 fully saturated rings. The molecule has 1 saturated heterocycles. The van der Waals surface area contributed by atoms with Crippen molar-refractivity contribution in [3.05, 3.63) is 82.4 Å². The molecule has 3 heterocycles. The molecule has 12 heteroatoms. The van der Waals surface area contributed by atoms with Gasteiger partial charge in [0.2, 0.25) is 11.8 Å². The molecule has 1 amide bonds. The normalized spacial score (nSPS) is 14.5. The van der Waals surface area contributed by atoms with Gasteiger partial charge in [-0.05, 0) is 88.0 Å². The van der Waals surface area contributed by atoms with Crippen molar-refractivity contribution in [3.8, 4) is 28.6 Å². The van der Waals surface area contributed by atoms with Crippen molar-refractivity contribution in [1.29, 1.82) is 0 Å². The molecular formula is C37H41F2N5O5. The lowest BCUT2D eigenvalue weighted by atomic mass is 9.97. The summed E-state index contributed by atoms with van der Waals surface area (Å²) in [6, 6.07) is 12.5. The second-order valence-electron chi connectivity index (χ2n) is 12.4. The summed E-state index contributed by atoms with van der Waals surface area (Å²) in [5, 5.41) is 3.05. The highest BCUT2D eigenvalue weighted by atomic mass is 19.1. The first-order valence-electron chi connectivity index (χ1n) is 16.5. The number of ether oxygens (including phenoxy) is 4. The molecule has 10 nitrogen and oxygen atoms in total. The number of carbonyl (C=O) groups excluding carboxylic acids is 1. The van der Waals surface area contributed by atoms with E-state index in [4.69, 9.17) is 23.9 Å². The molecule has 1 N–H and O–H groups in total. The van der Waals surface area contributed by atoms with Gasteiger partial charge >= 0.3 is 6.09 Å². The van der Waals surface area contributed by atoms with E-state index in [2.05, 4.69) is 15.2 Å². The summed E-state index contributed by atoms with van der Waals surface area (Å²) >= 11 is 0. The van der Waals surface area contributed by atoms with Gasteiger partial charge in [0.15, 0.2) is 24.1 Å². The predicted octanol–water partition coefficient (Wildman–Crippen LogP) is 7.85. The highest BCUT2D eigenvalue weighted by Crippen LogP contribution is 2.36. The summed E-state index contributed by atoms with van der Waals surface area (Å²) in [6.07, 6.45) is 3.72. The van der Waals surface area contributed by atoms with E-state index in [1.165, 1.54) is 44.5 Å². The lowest BCUT2D eigenvalue weighted by Gasteiger charge is -2.26. The Morgan fingerprint density at radius 3 is 2.61 bits per heavy atom. The van der Waals surface area contributed by atoms with Crippen LogP contribution in [0.4, 0.5) is 30.9 Å². The number of rotatable bonds is 10. The molecule has 258 valence electrons. The number of halogens is 2. The number of nitrogens with one attached hydrogen (secondary N) is 1. The van der Waals surface area contributed by atoms with E-state index in [1.54, 1.807) is 18.2 Å². The molecule has 0 bridgehead atoms. The maximum atomic E-state index is 15.1. The van der Waals surface area contributed by atoms with Crippen LogP contribution in [-0.4, -0.2) is 61.0 Å². The van der Waals surface area contributed by atoms with Gasteiger partial charge in [0.25, 0.3) is 0 Å². The Bertz CT molecular complexity index is 1830. The third kappa shape index (κ3) is 8.09. The van der Waals surface area contributed by atoms with Crippen molar-refractivity contribution >= 4 is 23.4 Å². The minimum Gasteiger partial charge on any atom is -0.490 e. The number of nitrogens with zero attached hydrogens (tertiary/aromatic N) is 4. The largest absolute Gasteiger partial charge is 0.490 e. The quantitative estimate of drug-likeness (QED) is 0.169. The molecule has 0 spiro atoms. The van der Waals surface area contributed by atoms with E-state index in [0.717, 1.165) is 53.2 Å². The van der Waals surface area contributed by atoms with E-state index in [-0.39, 0.29) is 36.7 Å². The molecule has 0 aliphatic carbocycles. The van der Waals surface area contributed by atoms with Crippen LogP contribution in [0.25, 0.3) is 11.3 Å². The fourth-order valence-corrected chi connectivity index (χ4v) is 6.05. The molecule has 6 rings (SSSR count). The third-order valence-corrected chi connectivity index (χ3v) is 9.03. The van der Waals surface area contributed by atoms with Crippen LogP contribution in [0.2, 0.25) is 0 Å². The Kier molecular flexibility index (Phi) is 10.5. The maximum absolute atomic E-state index is 15.1. The van der Waals surface area contributed by atoms with Crippen LogP contribution in [0.5, 0.6) is 17.4 Å². The van der Waals surface area contributed by atoms with Gasteiger partial charge in [-0.25, -0.2) is 18.6 Å². The minimum absolute atomic E-state index is 0.0272. The number of hydrogen-bond donors (Lipinski definition) is 1. The van der Waals surface area contributed by atoms with Crippen LogP contribution in [-0.2, 0) is 11.3 Å². The van der Waals surface area contributed by atoms with Crippen molar-refractivity contribution in [3.63, 3.8) is 0 Å². The Balaban J connectivity index is 1.22. The van der Waals surface area contributed by atoms with Crippen molar-refractivity contribution in [2.24, 2.45) is 0 Å². The number of aromatic nitrogens is 2. The Morgan fingerprint density at radius 2 is 1.82 bits per heavy atom. The highest BCUT2D eigenvalue weighted by Gasteiger charge is 2.25. The molecular weight excluding hydrogens is 632 g/mol. The molecule has 0 atom stereocenters. The van der Waals surface area contributed by atoms with Crippen molar-refractivity contribution in [1.82, 2.24) is 14.9 Å². The van der Waals surface area contributed by atoms with Crippen molar-refractivity contribution < 1.29 is 32.5 Å². The summed E-state index contributed by atoms with van der Waals surface area (Å²) in [7, 11) is 1.45. The lowest BCUT2D eigenvalue weighted by molar-refractivity contribution is -0.0161. The van der Waals surface area contributed by atoms with Gasteiger partial charge in [0, 0.05) is 48.6 Å². The molecule has 2 aliphatic heterocycles. The zero-order valence-corrected chi connectivity index (χ0v) is 28.3. The zero-order valence-electron chi connectivity index (χ0n) is 28.3. The first-order chi connectivity index (χ1) is 23.7. The van der Waals surface area contributed by atoms with Crippen molar-refractivity contribution in [2.45, 2.75) is 53.1 Å². The van der Waals surface area contributed by atoms with Gasteiger partial charge in [-0.2, -0.15) is 4.98 Å². The number of piperidine rings is 1. The number of aryl methyl sites for hydroxylation is 1. The van der Waals surface area contributed by atoms with Gasteiger partial charge in [0.05, 0.1) is 24.6 Å². The number of anilines is 3. The highest BCUT2D eigenvalue weighted by molar-refractivity contribution is 5.91.